The number of carboxylic acid groups (broad SMARTS) is 1. The lowest BCUT2D eigenvalue weighted by molar-refractivity contribution is -0.307. The predicted molar refractivity (Wildman–Crippen MR) is 90.5 cm³/mol. The number of carbonyl (C=O) groups excluding carboxylic acids is 4. The number of aliphatic carboxylic acids is 1. The summed E-state index contributed by atoms with van der Waals surface area (Å²) in [5.74, 6) is -4.61. The molecule has 0 spiro atoms. The maximum Gasteiger partial charge on any atom is 0.335 e. The average molecular weight is 368 g/mol. The zero-order chi connectivity index (χ0) is 19.4. The highest BCUT2D eigenvalue weighted by molar-refractivity contribution is 6.32. The third-order valence-electron chi connectivity index (χ3n) is 3.87. The van der Waals surface area contributed by atoms with Crippen LogP contribution >= 0.6 is 0 Å². The van der Waals surface area contributed by atoms with Crippen LogP contribution < -0.4 is 15.3 Å². The quantitative estimate of drug-likeness (QED) is 0.496. The summed E-state index contributed by atoms with van der Waals surface area (Å²) in [5, 5.41) is 13.4. The van der Waals surface area contributed by atoms with Crippen LogP contribution in [0.25, 0.3) is 0 Å². The van der Waals surface area contributed by atoms with Gasteiger partial charge < -0.3 is 14.9 Å². The summed E-state index contributed by atoms with van der Waals surface area (Å²) in [6, 6.07) is 5.83. The largest absolute Gasteiger partial charge is 0.548 e. The van der Waals surface area contributed by atoms with Gasteiger partial charge in [-0.25, -0.2) is 14.7 Å². The van der Waals surface area contributed by atoms with Crippen LogP contribution in [0.5, 0.6) is 0 Å². The van der Waals surface area contributed by atoms with E-state index in [0.717, 1.165) is 11.1 Å². The number of aromatic amines is 1. The number of benzene rings is 1. The van der Waals surface area contributed by atoms with E-state index in [1.807, 2.05) is 0 Å². The van der Waals surface area contributed by atoms with E-state index in [-0.39, 0.29) is 12.1 Å². The van der Waals surface area contributed by atoms with Crippen LogP contribution in [0.4, 0.5) is 10.5 Å². The van der Waals surface area contributed by atoms with Crippen molar-refractivity contribution in [3.05, 3.63) is 48.5 Å². The number of imide groups is 2. The fourth-order valence-electron chi connectivity index (χ4n) is 2.53. The van der Waals surface area contributed by atoms with Gasteiger partial charge >= 0.3 is 6.03 Å². The summed E-state index contributed by atoms with van der Waals surface area (Å²) in [6.45, 7) is 0. The third-order valence-corrected chi connectivity index (χ3v) is 3.87. The number of urea groups is 1. The van der Waals surface area contributed by atoms with Gasteiger partial charge in [0, 0.05) is 24.5 Å². The molecule has 0 radical (unpaired) electrons. The van der Waals surface area contributed by atoms with Gasteiger partial charge in [0.25, 0.3) is 5.91 Å². The van der Waals surface area contributed by atoms with Crippen molar-refractivity contribution in [1.29, 1.82) is 0 Å². The van der Waals surface area contributed by atoms with Gasteiger partial charge in [-0.3, -0.25) is 19.9 Å². The molecule has 3 rings (SSSR count). The van der Waals surface area contributed by atoms with Crippen LogP contribution in [0.15, 0.2) is 47.8 Å². The second-order valence-corrected chi connectivity index (χ2v) is 5.70. The number of hydrogen-bond acceptors (Lipinski definition) is 7. The van der Waals surface area contributed by atoms with Gasteiger partial charge in [0.2, 0.25) is 5.91 Å². The van der Waals surface area contributed by atoms with Gasteiger partial charge in [0.15, 0.2) is 5.92 Å². The van der Waals surface area contributed by atoms with Gasteiger partial charge in [0.1, 0.15) is 0 Å². The van der Waals surface area contributed by atoms with Crippen LogP contribution in [-0.2, 0) is 20.8 Å². The SMILES string of the molecule is O=C1NC(=O)N(c2ccccc2)C(=O)[C@H]1C=N[C@@H](Cc1cnc[nH]1)C(=O)[O-]. The maximum atomic E-state index is 12.6. The molecule has 27 heavy (non-hydrogen) atoms. The highest BCUT2D eigenvalue weighted by atomic mass is 16.4. The Morgan fingerprint density at radius 1 is 1.30 bits per heavy atom. The summed E-state index contributed by atoms with van der Waals surface area (Å²) in [7, 11) is 0. The van der Waals surface area contributed by atoms with Gasteiger partial charge in [0.05, 0.1) is 24.0 Å². The summed E-state index contributed by atoms with van der Waals surface area (Å²) in [5.41, 5.74) is 0.779. The van der Waals surface area contributed by atoms with E-state index in [2.05, 4.69) is 20.3 Å². The normalized spacial score (nSPS) is 18.6. The van der Waals surface area contributed by atoms with Crippen molar-refractivity contribution >= 4 is 35.7 Å². The number of H-pyrrole nitrogens is 1. The first-order chi connectivity index (χ1) is 13.0. The Balaban J connectivity index is 1.82. The third kappa shape index (κ3) is 3.89. The Morgan fingerprint density at radius 2 is 2.04 bits per heavy atom. The van der Waals surface area contributed by atoms with Crippen molar-refractivity contribution in [2.75, 3.05) is 4.90 Å². The van der Waals surface area contributed by atoms with Crippen LogP contribution in [0, 0.1) is 5.92 Å². The number of rotatable bonds is 6. The summed E-state index contributed by atoms with van der Waals surface area (Å²) < 4.78 is 0. The molecule has 1 aliphatic heterocycles. The van der Waals surface area contributed by atoms with Crippen LogP contribution in [-0.4, -0.2) is 46.0 Å². The van der Waals surface area contributed by atoms with Crippen molar-refractivity contribution in [3.63, 3.8) is 0 Å². The molecule has 1 saturated heterocycles. The summed E-state index contributed by atoms with van der Waals surface area (Å²) in [6.07, 6.45) is 3.69. The van der Waals surface area contributed by atoms with E-state index >= 15 is 0 Å². The summed E-state index contributed by atoms with van der Waals surface area (Å²) >= 11 is 0. The van der Waals surface area contributed by atoms with Crippen LogP contribution in [0.3, 0.4) is 0 Å². The molecule has 10 nitrogen and oxygen atoms in total. The van der Waals surface area contributed by atoms with Crippen molar-refractivity contribution in [3.8, 4) is 0 Å². The predicted octanol–water partition coefficient (Wildman–Crippen LogP) is -0.959. The molecule has 1 fully saturated rings. The molecular formula is C17H14N5O5-. The van der Waals surface area contributed by atoms with E-state index in [4.69, 9.17) is 0 Å². The van der Waals surface area contributed by atoms with Crippen LogP contribution in [0.2, 0.25) is 0 Å². The maximum absolute atomic E-state index is 12.6. The Kier molecular flexibility index (Phi) is 5.06. The molecular weight excluding hydrogens is 354 g/mol. The number of para-hydroxylation sites is 1. The number of aliphatic imine (C=N–C) groups is 1. The molecule has 2 aromatic rings. The molecule has 2 atom stereocenters. The van der Waals surface area contributed by atoms with E-state index in [1.54, 1.807) is 18.2 Å². The molecule has 4 amide bonds. The molecule has 0 bridgehead atoms. The number of imidazole rings is 1. The highest BCUT2D eigenvalue weighted by Crippen LogP contribution is 2.19. The molecule has 1 aliphatic rings. The lowest BCUT2D eigenvalue weighted by Gasteiger charge is -2.28. The first-order valence-electron chi connectivity index (χ1n) is 7.92. The monoisotopic (exact) mass is 368 g/mol. The molecule has 10 heteroatoms. The lowest BCUT2D eigenvalue weighted by Crippen LogP contribution is -2.58. The number of nitrogens with zero attached hydrogens (tertiary/aromatic N) is 3. The molecule has 138 valence electrons. The van der Waals surface area contributed by atoms with Crippen molar-refractivity contribution in [1.82, 2.24) is 15.3 Å². The Labute approximate surface area is 152 Å². The first-order valence-corrected chi connectivity index (χ1v) is 7.92. The molecule has 0 aliphatic carbocycles. The molecule has 0 unspecified atom stereocenters. The van der Waals surface area contributed by atoms with Crippen molar-refractivity contribution in [2.24, 2.45) is 10.9 Å². The minimum atomic E-state index is -1.47. The molecule has 2 heterocycles. The number of hydrogen-bond donors (Lipinski definition) is 2. The fourth-order valence-corrected chi connectivity index (χ4v) is 2.53. The first kappa shape index (κ1) is 18.0. The van der Waals surface area contributed by atoms with E-state index < -0.39 is 35.8 Å². The number of anilines is 1. The minimum absolute atomic E-state index is 0.0529. The summed E-state index contributed by atoms with van der Waals surface area (Å²) in [4.78, 5) is 59.1. The number of carbonyl (C=O) groups is 4. The zero-order valence-electron chi connectivity index (χ0n) is 13.9. The lowest BCUT2D eigenvalue weighted by atomic mass is 10.1. The van der Waals surface area contributed by atoms with Gasteiger partial charge in [-0.2, -0.15) is 0 Å². The van der Waals surface area contributed by atoms with Crippen molar-refractivity contribution in [2.45, 2.75) is 12.5 Å². The second-order valence-electron chi connectivity index (χ2n) is 5.70. The Hall–Kier alpha value is -3.82. The Bertz CT molecular complexity index is 894. The molecule has 2 N–H and O–H groups in total. The topological polar surface area (TPSA) is 148 Å². The average Bonchev–Trinajstić information content (AvgIpc) is 3.14. The standard InChI is InChI=1S/C17H15N5O5/c23-14-12(8-19-13(16(25)26)6-10-7-18-9-20-10)15(24)22(17(27)21-14)11-4-2-1-3-5-11/h1-5,7-9,12-13H,6H2,(H,18,20)(H,25,26)(H,21,23,27)/p-1/t12-,13-/m0/s1. The number of nitrogens with one attached hydrogen (secondary N) is 2. The van der Waals surface area contributed by atoms with Gasteiger partial charge in [-0.15, -0.1) is 0 Å². The molecule has 1 aromatic carbocycles. The molecule has 0 saturated carbocycles. The van der Waals surface area contributed by atoms with Crippen LogP contribution in [0.1, 0.15) is 5.69 Å². The number of amides is 4. The fraction of sp³-hybridized carbons (Fsp3) is 0.176. The smallest absolute Gasteiger partial charge is 0.335 e. The number of aromatic nitrogens is 2. The zero-order valence-corrected chi connectivity index (χ0v) is 13.9. The highest BCUT2D eigenvalue weighted by Gasteiger charge is 2.40. The number of carboxylic acids is 1. The van der Waals surface area contributed by atoms with Crippen molar-refractivity contribution < 1.29 is 24.3 Å². The minimum Gasteiger partial charge on any atom is -0.548 e. The number of barbiturate groups is 1. The van der Waals surface area contributed by atoms with Gasteiger partial charge in [-0.1, -0.05) is 18.2 Å². The Morgan fingerprint density at radius 3 is 2.67 bits per heavy atom. The second kappa shape index (κ2) is 7.60. The van der Waals surface area contributed by atoms with E-state index in [0.29, 0.717) is 5.69 Å². The van der Waals surface area contributed by atoms with E-state index in [1.165, 1.54) is 24.7 Å². The van der Waals surface area contributed by atoms with E-state index in [9.17, 15) is 24.3 Å². The van der Waals surface area contributed by atoms with Gasteiger partial charge in [-0.05, 0) is 12.1 Å². The molecule has 1 aromatic heterocycles.